The van der Waals surface area contributed by atoms with Crippen molar-refractivity contribution in [2.75, 3.05) is 0 Å². The van der Waals surface area contributed by atoms with Gasteiger partial charge in [-0.15, -0.1) is 11.3 Å². The fourth-order valence-corrected chi connectivity index (χ4v) is 3.25. The van der Waals surface area contributed by atoms with Crippen LogP contribution in [-0.4, -0.2) is 21.0 Å². The van der Waals surface area contributed by atoms with Crippen molar-refractivity contribution in [1.29, 1.82) is 0 Å². The van der Waals surface area contributed by atoms with E-state index in [1.54, 1.807) is 0 Å². The highest BCUT2D eigenvalue weighted by atomic mass is 79.9. The summed E-state index contributed by atoms with van der Waals surface area (Å²) in [7, 11) is 0. The SMILES string of the molecule is O=C(O)C(Cc1ccc(Br)cc1)c1ncnc2sccc12. The van der Waals surface area contributed by atoms with Crippen LogP contribution in [0.4, 0.5) is 0 Å². The summed E-state index contributed by atoms with van der Waals surface area (Å²) in [6, 6.07) is 9.55. The topological polar surface area (TPSA) is 63.1 Å². The predicted molar refractivity (Wildman–Crippen MR) is 85.6 cm³/mol. The molecule has 1 N–H and O–H groups in total. The van der Waals surface area contributed by atoms with Crippen molar-refractivity contribution < 1.29 is 9.90 Å². The molecule has 0 amide bonds. The van der Waals surface area contributed by atoms with Gasteiger partial charge in [0.25, 0.3) is 0 Å². The van der Waals surface area contributed by atoms with Crippen LogP contribution in [0.3, 0.4) is 0 Å². The van der Waals surface area contributed by atoms with Gasteiger partial charge in [-0.05, 0) is 35.6 Å². The second-order valence-electron chi connectivity index (χ2n) is 4.62. The van der Waals surface area contributed by atoms with Gasteiger partial charge in [-0.1, -0.05) is 28.1 Å². The van der Waals surface area contributed by atoms with Gasteiger partial charge < -0.3 is 5.11 Å². The third-order valence-electron chi connectivity index (χ3n) is 3.27. The van der Waals surface area contributed by atoms with Crippen molar-refractivity contribution in [2.24, 2.45) is 0 Å². The van der Waals surface area contributed by atoms with Crippen molar-refractivity contribution in [3.63, 3.8) is 0 Å². The lowest BCUT2D eigenvalue weighted by Gasteiger charge is -2.13. The maximum atomic E-state index is 11.7. The highest BCUT2D eigenvalue weighted by Crippen LogP contribution is 2.28. The second-order valence-corrected chi connectivity index (χ2v) is 6.43. The van der Waals surface area contributed by atoms with Gasteiger partial charge in [0, 0.05) is 9.86 Å². The number of aromatic nitrogens is 2. The van der Waals surface area contributed by atoms with Crippen molar-refractivity contribution in [1.82, 2.24) is 9.97 Å². The van der Waals surface area contributed by atoms with Crippen LogP contribution in [-0.2, 0) is 11.2 Å². The Bertz CT molecular complexity index is 786. The van der Waals surface area contributed by atoms with Gasteiger partial charge in [0.15, 0.2) is 0 Å². The summed E-state index contributed by atoms with van der Waals surface area (Å²) in [6.45, 7) is 0. The third kappa shape index (κ3) is 2.96. The molecule has 4 nitrogen and oxygen atoms in total. The zero-order chi connectivity index (χ0) is 14.8. The van der Waals surface area contributed by atoms with Crippen LogP contribution in [0.5, 0.6) is 0 Å². The van der Waals surface area contributed by atoms with E-state index in [1.165, 1.54) is 17.7 Å². The molecule has 0 aliphatic rings. The number of carboxylic acid groups (broad SMARTS) is 1. The van der Waals surface area contributed by atoms with Gasteiger partial charge in [0.2, 0.25) is 0 Å². The lowest BCUT2D eigenvalue weighted by Crippen LogP contribution is -2.16. The zero-order valence-corrected chi connectivity index (χ0v) is 13.3. The highest BCUT2D eigenvalue weighted by molar-refractivity contribution is 9.10. The Morgan fingerprint density at radius 3 is 2.71 bits per heavy atom. The van der Waals surface area contributed by atoms with E-state index in [0.717, 1.165) is 20.3 Å². The smallest absolute Gasteiger partial charge is 0.312 e. The fraction of sp³-hybridized carbons (Fsp3) is 0.133. The molecule has 1 aromatic carbocycles. The van der Waals surface area contributed by atoms with Gasteiger partial charge in [0.1, 0.15) is 17.1 Å². The molecular formula is C15H11BrN2O2S. The van der Waals surface area contributed by atoms with Crippen LogP contribution in [0.25, 0.3) is 10.2 Å². The first-order valence-corrected chi connectivity index (χ1v) is 7.98. The molecule has 2 aromatic heterocycles. The number of aliphatic carboxylic acids is 1. The second kappa shape index (κ2) is 5.91. The highest BCUT2D eigenvalue weighted by Gasteiger charge is 2.24. The quantitative estimate of drug-likeness (QED) is 0.765. The van der Waals surface area contributed by atoms with Crippen molar-refractivity contribution in [3.05, 3.63) is 57.8 Å². The summed E-state index contributed by atoms with van der Waals surface area (Å²) in [6.07, 6.45) is 1.84. The number of carboxylic acids is 1. The molecule has 106 valence electrons. The molecule has 3 aromatic rings. The van der Waals surface area contributed by atoms with E-state index in [4.69, 9.17) is 0 Å². The maximum absolute atomic E-state index is 11.7. The summed E-state index contributed by atoms with van der Waals surface area (Å²) in [4.78, 5) is 20.9. The Labute approximate surface area is 133 Å². The maximum Gasteiger partial charge on any atom is 0.312 e. The Balaban J connectivity index is 2.00. The van der Waals surface area contributed by atoms with Crippen molar-refractivity contribution in [2.45, 2.75) is 12.3 Å². The minimum absolute atomic E-state index is 0.407. The van der Waals surface area contributed by atoms with E-state index < -0.39 is 11.9 Å². The van der Waals surface area contributed by atoms with Crippen LogP contribution in [0.1, 0.15) is 17.2 Å². The molecular weight excluding hydrogens is 352 g/mol. The lowest BCUT2D eigenvalue weighted by molar-refractivity contribution is -0.138. The first kappa shape index (κ1) is 14.2. The van der Waals surface area contributed by atoms with Gasteiger partial charge in [-0.3, -0.25) is 4.79 Å². The molecule has 3 rings (SSSR count). The number of benzene rings is 1. The van der Waals surface area contributed by atoms with Crippen LogP contribution < -0.4 is 0 Å². The molecule has 0 saturated carbocycles. The summed E-state index contributed by atoms with van der Waals surface area (Å²) >= 11 is 4.87. The molecule has 0 aliphatic carbocycles. The molecule has 21 heavy (non-hydrogen) atoms. The molecule has 6 heteroatoms. The van der Waals surface area contributed by atoms with E-state index in [0.29, 0.717) is 12.1 Å². The van der Waals surface area contributed by atoms with Crippen LogP contribution in [0, 0.1) is 0 Å². The van der Waals surface area contributed by atoms with Crippen LogP contribution in [0.2, 0.25) is 0 Å². The fourth-order valence-electron chi connectivity index (χ4n) is 2.24. The average Bonchev–Trinajstić information content (AvgIpc) is 2.95. The van der Waals surface area contributed by atoms with E-state index >= 15 is 0 Å². The predicted octanol–water partition coefficient (Wildman–Crippen LogP) is 3.86. The first-order valence-electron chi connectivity index (χ1n) is 6.30. The Hall–Kier alpha value is -1.79. The monoisotopic (exact) mass is 362 g/mol. The number of nitrogens with zero attached hydrogens (tertiary/aromatic N) is 2. The Kier molecular flexibility index (Phi) is 3.98. The van der Waals surface area contributed by atoms with Gasteiger partial charge in [0.05, 0.1) is 5.69 Å². The Morgan fingerprint density at radius 1 is 1.24 bits per heavy atom. The molecule has 2 heterocycles. The molecule has 0 bridgehead atoms. The molecule has 0 spiro atoms. The molecule has 0 fully saturated rings. The molecule has 1 unspecified atom stereocenters. The number of carbonyl (C=O) groups is 1. The normalized spacial score (nSPS) is 12.4. The molecule has 0 aliphatic heterocycles. The lowest BCUT2D eigenvalue weighted by atomic mass is 9.94. The van der Waals surface area contributed by atoms with Crippen LogP contribution in [0.15, 0.2) is 46.5 Å². The van der Waals surface area contributed by atoms with E-state index in [-0.39, 0.29) is 0 Å². The number of halogens is 1. The molecule has 1 atom stereocenters. The number of thiophene rings is 1. The van der Waals surface area contributed by atoms with Gasteiger partial charge >= 0.3 is 5.97 Å². The minimum Gasteiger partial charge on any atom is -0.481 e. The van der Waals surface area contributed by atoms with Gasteiger partial charge in [-0.25, -0.2) is 9.97 Å². The molecule has 0 saturated heterocycles. The number of rotatable bonds is 4. The summed E-state index contributed by atoms with van der Waals surface area (Å²) < 4.78 is 0.973. The van der Waals surface area contributed by atoms with E-state index in [1.807, 2.05) is 35.7 Å². The van der Waals surface area contributed by atoms with Crippen molar-refractivity contribution >= 4 is 43.5 Å². The summed E-state index contributed by atoms with van der Waals surface area (Å²) in [5.74, 6) is -1.55. The van der Waals surface area contributed by atoms with E-state index in [2.05, 4.69) is 25.9 Å². The van der Waals surface area contributed by atoms with E-state index in [9.17, 15) is 9.90 Å². The largest absolute Gasteiger partial charge is 0.481 e. The Morgan fingerprint density at radius 2 is 2.00 bits per heavy atom. The molecule has 0 radical (unpaired) electrons. The first-order chi connectivity index (χ1) is 10.1. The average molecular weight is 363 g/mol. The van der Waals surface area contributed by atoms with Crippen LogP contribution >= 0.6 is 27.3 Å². The van der Waals surface area contributed by atoms with Gasteiger partial charge in [-0.2, -0.15) is 0 Å². The van der Waals surface area contributed by atoms with Crippen molar-refractivity contribution in [3.8, 4) is 0 Å². The summed E-state index contributed by atoms with van der Waals surface area (Å²) in [5.41, 5.74) is 1.55. The number of fused-ring (bicyclic) bond motifs is 1. The third-order valence-corrected chi connectivity index (χ3v) is 4.62. The minimum atomic E-state index is -0.871. The zero-order valence-electron chi connectivity index (χ0n) is 10.9. The number of hydrogen-bond donors (Lipinski definition) is 1. The number of hydrogen-bond acceptors (Lipinski definition) is 4. The summed E-state index contributed by atoms with van der Waals surface area (Å²) in [5, 5.41) is 12.3. The standard InChI is InChI=1S/C15H11BrN2O2S/c16-10-3-1-9(2-4-10)7-12(15(19)20)13-11-5-6-21-14(11)18-8-17-13/h1-6,8,12H,7H2,(H,19,20).